The first kappa shape index (κ1) is 18.8. The first-order chi connectivity index (χ1) is 13.4. The van der Waals surface area contributed by atoms with E-state index in [4.69, 9.17) is 28.5 Å². The van der Waals surface area contributed by atoms with Gasteiger partial charge < -0.3 is 4.90 Å². The topological polar surface area (TPSA) is 64.4 Å². The number of nitriles is 1. The molecule has 2 aliphatic rings. The zero-order chi connectivity index (χ0) is 20.1. The van der Waals surface area contributed by atoms with Gasteiger partial charge in [0.1, 0.15) is 5.54 Å². The van der Waals surface area contributed by atoms with Crippen molar-refractivity contribution in [3.63, 3.8) is 0 Å². The van der Waals surface area contributed by atoms with Crippen LogP contribution in [0.25, 0.3) is 0 Å². The van der Waals surface area contributed by atoms with Gasteiger partial charge in [-0.1, -0.05) is 35.3 Å². The van der Waals surface area contributed by atoms with Crippen LogP contribution in [0.1, 0.15) is 36.3 Å². The molecule has 1 heterocycles. The first-order valence-electron chi connectivity index (χ1n) is 8.97. The van der Waals surface area contributed by atoms with E-state index in [9.17, 15) is 9.59 Å². The minimum Gasteiger partial charge on any atom is -0.312 e. The number of urea groups is 1. The minimum absolute atomic E-state index is 0.138. The number of carbonyl (C=O) groups excluding carboxylic acids is 2. The summed E-state index contributed by atoms with van der Waals surface area (Å²) in [6.45, 7) is 0. The van der Waals surface area contributed by atoms with E-state index in [0.717, 1.165) is 18.4 Å². The van der Waals surface area contributed by atoms with Crippen molar-refractivity contribution < 1.29 is 9.59 Å². The van der Waals surface area contributed by atoms with Crippen LogP contribution in [0, 0.1) is 11.3 Å². The van der Waals surface area contributed by atoms with E-state index in [0.29, 0.717) is 27.7 Å². The predicted octanol–water partition coefficient (Wildman–Crippen LogP) is 4.97. The SMILES string of the molecule is CN1C(=O)N(c2cc(Cl)cc(Cl)c2)C(=O)C12CCC[C@H]2c1ccc(C#N)cc1. The quantitative estimate of drug-likeness (QED) is 0.652. The van der Waals surface area contributed by atoms with Crippen molar-refractivity contribution in [1.29, 1.82) is 5.26 Å². The van der Waals surface area contributed by atoms with Crippen LogP contribution in [0.2, 0.25) is 10.0 Å². The molecule has 5 nitrogen and oxygen atoms in total. The molecule has 142 valence electrons. The second-order valence-corrected chi connectivity index (χ2v) is 8.09. The molecule has 1 aliphatic heterocycles. The highest BCUT2D eigenvalue weighted by Crippen LogP contribution is 2.51. The summed E-state index contributed by atoms with van der Waals surface area (Å²) < 4.78 is 0. The molecule has 1 aliphatic carbocycles. The number of benzene rings is 2. The Kier molecular flexibility index (Phi) is 4.57. The zero-order valence-corrected chi connectivity index (χ0v) is 16.7. The molecular weight excluding hydrogens is 397 g/mol. The van der Waals surface area contributed by atoms with Crippen LogP contribution in [0.5, 0.6) is 0 Å². The number of nitrogens with zero attached hydrogens (tertiary/aromatic N) is 3. The van der Waals surface area contributed by atoms with Gasteiger partial charge in [-0.25, -0.2) is 9.69 Å². The van der Waals surface area contributed by atoms with Crippen LogP contribution in [0.15, 0.2) is 42.5 Å². The van der Waals surface area contributed by atoms with Gasteiger partial charge in [-0.05, 0) is 55.2 Å². The van der Waals surface area contributed by atoms with Crippen LogP contribution in [-0.2, 0) is 4.79 Å². The van der Waals surface area contributed by atoms with E-state index in [-0.39, 0.29) is 17.9 Å². The maximum Gasteiger partial charge on any atom is 0.332 e. The Morgan fingerprint density at radius 2 is 1.75 bits per heavy atom. The summed E-state index contributed by atoms with van der Waals surface area (Å²) in [6.07, 6.45) is 2.21. The maximum absolute atomic E-state index is 13.6. The van der Waals surface area contributed by atoms with Gasteiger partial charge in [0.2, 0.25) is 0 Å². The Balaban J connectivity index is 1.78. The summed E-state index contributed by atoms with van der Waals surface area (Å²) in [5, 5.41) is 9.76. The molecule has 2 fully saturated rings. The molecule has 0 N–H and O–H groups in total. The summed E-state index contributed by atoms with van der Waals surface area (Å²) >= 11 is 12.2. The highest BCUT2D eigenvalue weighted by atomic mass is 35.5. The van der Waals surface area contributed by atoms with Crippen molar-refractivity contribution in [3.8, 4) is 6.07 Å². The number of halogens is 2. The van der Waals surface area contributed by atoms with Gasteiger partial charge in [0, 0.05) is 23.0 Å². The molecule has 1 saturated carbocycles. The van der Waals surface area contributed by atoms with E-state index in [1.165, 1.54) is 4.90 Å². The fourth-order valence-corrected chi connectivity index (χ4v) is 5.03. The minimum atomic E-state index is -0.944. The zero-order valence-electron chi connectivity index (χ0n) is 15.2. The van der Waals surface area contributed by atoms with E-state index in [1.807, 2.05) is 12.1 Å². The lowest BCUT2D eigenvalue weighted by Crippen LogP contribution is -2.49. The number of imide groups is 1. The van der Waals surface area contributed by atoms with Crippen LogP contribution in [0.3, 0.4) is 0 Å². The third kappa shape index (κ3) is 2.68. The highest BCUT2D eigenvalue weighted by Gasteiger charge is 2.62. The molecule has 4 rings (SSSR count). The van der Waals surface area contributed by atoms with Crippen LogP contribution >= 0.6 is 23.2 Å². The normalized spacial score (nSPS) is 24.3. The number of carbonyl (C=O) groups is 2. The number of hydrogen-bond donors (Lipinski definition) is 0. The highest BCUT2D eigenvalue weighted by molar-refractivity contribution is 6.35. The van der Waals surface area contributed by atoms with Gasteiger partial charge in [0.25, 0.3) is 5.91 Å². The fraction of sp³-hybridized carbons (Fsp3) is 0.286. The van der Waals surface area contributed by atoms with Crippen LogP contribution < -0.4 is 4.90 Å². The standard InChI is InChI=1S/C21H17Cl2N3O2/c1-25-20(28)26(17-10-15(22)9-16(23)11-17)19(27)21(25)8-2-3-18(21)14-6-4-13(12-24)5-7-14/h4-7,9-11,18H,2-3,8H2,1H3/t18-,21?/m0/s1. The second kappa shape index (κ2) is 6.80. The van der Waals surface area contributed by atoms with Crippen molar-refractivity contribution in [2.45, 2.75) is 30.7 Å². The van der Waals surface area contributed by atoms with Gasteiger partial charge in [0.05, 0.1) is 17.3 Å². The third-order valence-electron chi connectivity index (χ3n) is 5.83. The molecule has 0 bridgehead atoms. The molecule has 7 heteroatoms. The van der Waals surface area contributed by atoms with Crippen molar-refractivity contribution >= 4 is 40.8 Å². The molecule has 28 heavy (non-hydrogen) atoms. The Bertz CT molecular complexity index is 995. The molecule has 2 aromatic rings. The summed E-state index contributed by atoms with van der Waals surface area (Å²) in [6, 6.07) is 13.7. The second-order valence-electron chi connectivity index (χ2n) is 7.21. The molecule has 2 aromatic carbocycles. The maximum atomic E-state index is 13.6. The molecule has 1 saturated heterocycles. The molecule has 2 atom stereocenters. The van der Waals surface area contributed by atoms with Crippen LogP contribution in [-0.4, -0.2) is 29.4 Å². The molecule has 0 radical (unpaired) electrons. The molecule has 1 spiro atoms. The molecule has 1 unspecified atom stereocenters. The van der Waals surface area contributed by atoms with E-state index < -0.39 is 5.54 Å². The largest absolute Gasteiger partial charge is 0.332 e. The number of hydrogen-bond acceptors (Lipinski definition) is 3. The summed E-state index contributed by atoms with van der Waals surface area (Å²) in [5.74, 6) is -0.397. The monoisotopic (exact) mass is 413 g/mol. The Morgan fingerprint density at radius 3 is 2.36 bits per heavy atom. The van der Waals surface area contributed by atoms with Gasteiger partial charge in [-0.3, -0.25) is 4.79 Å². The lowest BCUT2D eigenvalue weighted by molar-refractivity contribution is -0.125. The average molecular weight is 414 g/mol. The molecule has 3 amide bonds. The lowest BCUT2D eigenvalue weighted by Gasteiger charge is -2.34. The Labute approximate surface area is 173 Å². The van der Waals surface area contributed by atoms with Crippen LogP contribution in [0.4, 0.5) is 10.5 Å². The number of anilines is 1. The van der Waals surface area contributed by atoms with E-state index in [2.05, 4.69) is 6.07 Å². The van der Waals surface area contributed by atoms with E-state index >= 15 is 0 Å². The van der Waals surface area contributed by atoms with Gasteiger partial charge in [0.15, 0.2) is 0 Å². The summed E-state index contributed by atoms with van der Waals surface area (Å²) in [5.41, 5.74) is 0.949. The van der Waals surface area contributed by atoms with Crippen molar-refractivity contribution in [1.82, 2.24) is 4.90 Å². The van der Waals surface area contributed by atoms with E-state index in [1.54, 1.807) is 42.3 Å². The molecule has 0 aromatic heterocycles. The van der Waals surface area contributed by atoms with Gasteiger partial charge in [-0.15, -0.1) is 0 Å². The van der Waals surface area contributed by atoms with Crippen molar-refractivity contribution in [2.24, 2.45) is 0 Å². The third-order valence-corrected chi connectivity index (χ3v) is 6.26. The predicted molar refractivity (Wildman–Crippen MR) is 108 cm³/mol. The lowest BCUT2D eigenvalue weighted by atomic mass is 9.80. The molecular formula is C21H17Cl2N3O2. The van der Waals surface area contributed by atoms with Crippen molar-refractivity contribution in [3.05, 3.63) is 63.6 Å². The first-order valence-corrected chi connectivity index (χ1v) is 9.72. The van der Waals surface area contributed by atoms with Gasteiger partial charge in [-0.2, -0.15) is 5.26 Å². The average Bonchev–Trinajstić information content (AvgIpc) is 3.19. The number of rotatable bonds is 2. The van der Waals surface area contributed by atoms with Crippen molar-refractivity contribution in [2.75, 3.05) is 11.9 Å². The Morgan fingerprint density at radius 1 is 1.11 bits per heavy atom. The van der Waals surface area contributed by atoms with Gasteiger partial charge >= 0.3 is 6.03 Å². The Hall–Kier alpha value is -2.55. The smallest absolute Gasteiger partial charge is 0.312 e. The number of amides is 3. The summed E-state index contributed by atoms with van der Waals surface area (Å²) in [4.78, 5) is 29.4. The summed E-state index contributed by atoms with van der Waals surface area (Å²) in [7, 11) is 1.67. The number of likely N-dealkylation sites (N-methyl/N-ethyl adjacent to an activating group) is 1. The fourth-order valence-electron chi connectivity index (χ4n) is 4.52.